The van der Waals surface area contributed by atoms with Crippen molar-refractivity contribution in [1.82, 2.24) is 5.32 Å². The SMILES string of the molecule is CCNC1CC(Oc2c(I)cc(I)cc2I)C1. The Balaban J connectivity index is 1.97. The molecule has 0 radical (unpaired) electrons. The minimum absolute atomic E-state index is 0.390. The number of benzene rings is 1. The molecule has 0 spiro atoms. The van der Waals surface area contributed by atoms with Gasteiger partial charge in [-0.2, -0.15) is 0 Å². The van der Waals surface area contributed by atoms with Crippen molar-refractivity contribution < 1.29 is 4.74 Å². The van der Waals surface area contributed by atoms with Crippen LogP contribution in [0.25, 0.3) is 0 Å². The van der Waals surface area contributed by atoms with Crippen LogP contribution in [-0.4, -0.2) is 18.7 Å². The van der Waals surface area contributed by atoms with Crippen LogP contribution in [0.3, 0.4) is 0 Å². The highest BCUT2D eigenvalue weighted by atomic mass is 127. The molecule has 1 aliphatic carbocycles. The summed E-state index contributed by atoms with van der Waals surface area (Å²) in [6.07, 6.45) is 2.65. The molecule has 1 N–H and O–H groups in total. The van der Waals surface area contributed by atoms with E-state index in [-0.39, 0.29) is 0 Å². The molecule has 1 aromatic carbocycles. The predicted octanol–water partition coefficient (Wildman–Crippen LogP) is 4.02. The molecule has 0 atom stereocenters. The summed E-state index contributed by atoms with van der Waals surface area (Å²) in [4.78, 5) is 0. The van der Waals surface area contributed by atoms with Crippen molar-refractivity contribution in [2.24, 2.45) is 0 Å². The van der Waals surface area contributed by atoms with E-state index in [9.17, 15) is 0 Å². The van der Waals surface area contributed by atoms with E-state index in [0.717, 1.165) is 25.1 Å². The molecular weight excluding hydrogens is 555 g/mol. The van der Waals surface area contributed by atoms with Crippen LogP contribution in [-0.2, 0) is 0 Å². The van der Waals surface area contributed by atoms with Gasteiger partial charge in [0.2, 0.25) is 0 Å². The molecule has 0 unspecified atom stereocenters. The number of rotatable bonds is 4. The molecule has 0 amide bonds. The zero-order valence-corrected chi connectivity index (χ0v) is 15.9. The van der Waals surface area contributed by atoms with Gasteiger partial charge in [-0.3, -0.25) is 0 Å². The van der Waals surface area contributed by atoms with E-state index in [2.05, 4.69) is 92.1 Å². The molecule has 2 nitrogen and oxygen atoms in total. The predicted molar refractivity (Wildman–Crippen MR) is 95.7 cm³/mol. The third-order valence-electron chi connectivity index (χ3n) is 2.84. The molecule has 1 fully saturated rings. The summed E-state index contributed by atoms with van der Waals surface area (Å²) in [6, 6.07) is 4.99. The first-order valence-electron chi connectivity index (χ1n) is 5.64. The second kappa shape index (κ2) is 6.56. The normalized spacial score (nSPS) is 23.3. The molecule has 0 aliphatic heterocycles. The van der Waals surface area contributed by atoms with Crippen molar-refractivity contribution in [1.29, 1.82) is 0 Å². The van der Waals surface area contributed by atoms with E-state index in [1.54, 1.807) is 0 Å². The zero-order valence-electron chi connectivity index (χ0n) is 9.47. The van der Waals surface area contributed by atoms with Crippen molar-refractivity contribution in [2.75, 3.05) is 6.54 Å². The monoisotopic (exact) mass is 569 g/mol. The van der Waals surface area contributed by atoms with Crippen LogP contribution in [0.4, 0.5) is 0 Å². The average Bonchev–Trinajstić information content (AvgIpc) is 2.18. The maximum atomic E-state index is 6.09. The van der Waals surface area contributed by atoms with Crippen molar-refractivity contribution in [3.05, 3.63) is 22.8 Å². The zero-order chi connectivity index (χ0) is 12.4. The molecule has 5 heteroatoms. The molecular formula is C12H14I3NO. The first-order chi connectivity index (χ1) is 8.10. The first kappa shape index (κ1) is 14.6. The third-order valence-corrected chi connectivity index (χ3v) is 5.06. The highest BCUT2D eigenvalue weighted by Gasteiger charge is 2.30. The van der Waals surface area contributed by atoms with Gasteiger partial charge in [-0.1, -0.05) is 6.92 Å². The quantitative estimate of drug-likeness (QED) is 0.554. The van der Waals surface area contributed by atoms with Crippen molar-refractivity contribution in [3.63, 3.8) is 0 Å². The van der Waals surface area contributed by atoms with E-state index in [1.807, 2.05) is 0 Å². The summed E-state index contributed by atoms with van der Waals surface area (Å²) < 4.78 is 9.78. The molecule has 17 heavy (non-hydrogen) atoms. The Kier molecular flexibility index (Phi) is 5.62. The second-order valence-electron chi connectivity index (χ2n) is 4.16. The van der Waals surface area contributed by atoms with Gasteiger partial charge >= 0.3 is 0 Å². The molecule has 0 saturated heterocycles. The van der Waals surface area contributed by atoms with Crippen LogP contribution < -0.4 is 10.1 Å². The Morgan fingerprint density at radius 2 is 1.82 bits per heavy atom. The van der Waals surface area contributed by atoms with Gasteiger partial charge in [0.25, 0.3) is 0 Å². The maximum Gasteiger partial charge on any atom is 0.146 e. The Morgan fingerprint density at radius 3 is 2.35 bits per heavy atom. The number of hydrogen-bond donors (Lipinski definition) is 1. The molecule has 0 aromatic heterocycles. The van der Waals surface area contributed by atoms with Crippen LogP contribution in [0.5, 0.6) is 5.75 Å². The summed E-state index contributed by atoms with van der Waals surface area (Å²) in [7, 11) is 0. The maximum absolute atomic E-state index is 6.09. The Hall–Kier alpha value is 1.17. The lowest BCUT2D eigenvalue weighted by Crippen LogP contribution is -2.46. The lowest BCUT2D eigenvalue weighted by Gasteiger charge is -2.36. The molecule has 1 aliphatic rings. The van der Waals surface area contributed by atoms with Gasteiger partial charge in [0.1, 0.15) is 11.9 Å². The Bertz CT molecular complexity index is 382. The number of hydrogen-bond acceptors (Lipinski definition) is 2. The highest BCUT2D eigenvalue weighted by Crippen LogP contribution is 2.33. The van der Waals surface area contributed by atoms with Crippen LogP contribution >= 0.6 is 67.8 Å². The summed E-state index contributed by atoms with van der Waals surface area (Å²) in [5.74, 6) is 1.06. The minimum Gasteiger partial charge on any atom is -0.488 e. The van der Waals surface area contributed by atoms with Crippen LogP contribution in [0.2, 0.25) is 0 Å². The van der Waals surface area contributed by atoms with Crippen LogP contribution in [0.15, 0.2) is 12.1 Å². The second-order valence-corrected chi connectivity index (χ2v) is 7.73. The topological polar surface area (TPSA) is 21.3 Å². The lowest BCUT2D eigenvalue weighted by molar-refractivity contribution is 0.0842. The fourth-order valence-corrected chi connectivity index (χ4v) is 5.76. The standard InChI is InChI=1S/C12H14I3NO/c1-2-16-8-5-9(6-8)17-12-10(14)3-7(13)4-11(12)15/h3-4,8-9,16H,2,5-6H2,1H3. The smallest absolute Gasteiger partial charge is 0.146 e. The molecule has 1 saturated carbocycles. The molecule has 2 rings (SSSR count). The summed E-state index contributed by atoms with van der Waals surface area (Å²) in [5.41, 5.74) is 0. The number of nitrogens with one attached hydrogen (secondary N) is 1. The average molecular weight is 569 g/mol. The molecule has 0 heterocycles. The van der Waals surface area contributed by atoms with Crippen molar-refractivity contribution in [2.45, 2.75) is 31.9 Å². The van der Waals surface area contributed by atoms with E-state index in [0.29, 0.717) is 12.1 Å². The summed E-state index contributed by atoms with van der Waals surface area (Å²) in [5, 5.41) is 3.45. The fourth-order valence-electron chi connectivity index (χ4n) is 1.93. The van der Waals surface area contributed by atoms with E-state index < -0.39 is 0 Å². The molecule has 94 valence electrons. The van der Waals surface area contributed by atoms with Gasteiger partial charge in [-0.25, -0.2) is 0 Å². The van der Waals surface area contributed by atoms with Crippen LogP contribution in [0.1, 0.15) is 19.8 Å². The Labute approximate surface area is 143 Å². The van der Waals surface area contributed by atoms with E-state index in [4.69, 9.17) is 4.74 Å². The molecule has 0 bridgehead atoms. The van der Waals surface area contributed by atoms with E-state index >= 15 is 0 Å². The van der Waals surface area contributed by atoms with Crippen LogP contribution in [0, 0.1) is 10.7 Å². The van der Waals surface area contributed by atoms with E-state index in [1.165, 1.54) is 10.7 Å². The molecule has 1 aromatic rings. The fraction of sp³-hybridized carbons (Fsp3) is 0.500. The van der Waals surface area contributed by atoms with Gasteiger partial charge in [-0.05, 0) is 99.3 Å². The summed E-state index contributed by atoms with van der Waals surface area (Å²) >= 11 is 7.06. The van der Waals surface area contributed by atoms with Gasteiger partial charge in [0, 0.05) is 9.61 Å². The largest absolute Gasteiger partial charge is 0.488 e. The summed E-state index contributed by atoms with van der Waals surface area (Å²) in [6.45, 7) is 3.20. The highest BCUT2D eigenvalue weighted by molar-refractivity contribution is 14.1. The van der Waals surface area contributed by atoms with Crippen molar-refractivity contribution in [3.8, 4) is 5.75 Å². The Morgan fingerprint density at radius 1 is 1.24 bits per heavy atom. The minimum atomic E-state index is 0.390. The lowest BCUT2D eigenvalue weighted by atomic mass is 9.89. The van der Waals surface area contributed by atoms with Gasteiger partial charge in [-0.15, -0.1) is 0 Å². The third kappa shape index (κ3) is 3.82. The first-order valence-corrected chi connectivity index (χ1v) is 8.88. The number of ether oxygens (including phenoxy) is 1. The number of halogens is 3. The van der Waals surface area contributed by atoms with Gasteiger partial charge in [0.15, 0.2) is 0 Å². The van der Waals surface area contributed by atoms with Crippen molar-refractivity contribution >= 4 is 67.8 Å². The van der Waals surface area contributed by atoms with Gasteiger partial charge in [0.05, 0.1) is 7.14 Å². The van der Waals surface area contributed by atoms with Gasteiger partial charge < -0.3 is 10.1 Å².